The zero-order chi connectivity index (χ0) is 13.6. The maximum atomic E-state index is 12.9. The van der Waals surface area contributed by atoms with E-state index in [0.29, 0.717) is 12.3 Å². The molecule has 2 aliphatic rings. The SMILES string of the molecule is CCC1C(=O)NC(C)(C2CC2)C(=O)N1c1ccsc1. The smallest absolute Gasteiger partial charge is 0.253 e. The highest BCUT2D eigenvalue weighted by molar-refractivity contribution is 7.08. The van der Waals surface area contributed by atoms with Gasteiger partial charge in [0.1, 0.15) is 11.6 Å². The van der Waals surface area contributed by atoms with Gasteiger partial charge in [-0.3, -0.25) is 14.5 Å². The summed E-state index contributed by atoms with van der Waals surface area (Å²) in [6, 6.07) is 1.53. The Hall–Kier alpha value is -1.36. The second-order valence-corrected chi connectivity index (χ2v) is 6.33. The first kappa shape index (κ1) is 12.7. The highest BCUT2D eigenvalue weighted by Gasteiger charge is 2.55. The Bertz CT molecular complexity index is 510. The minimum atomic E-state index is -0.718. The second-order valence-electron chi connectivity index (χ2n) is 5.55. The summed E-state index contributed by atoms with van der Waals surface area (Å²) >= 11 is 1.55. The second kappa shape index (κ2) is 4.34. The first-order chi connectivity index (χ1) is 9.08. The van der Waals surface area contributed by atoms with Crippen LogP contribution in [-0.4, -0.2) is 23.4 Å². The normalized spacial score (nSPS) is 31.5. The molecule has 2 atom stereocenters. The molecule has 2 amide bonds. The third kappa shape index (κ3) is 1.87. The van der Waals surface area contributed by atoms with Crippen molar-refractivity contribution < 1.29 is 9.59 Å². The van der Waals surface area contributed by atoms with Crippen LogP contribution >= 0.6 is 11.3 Å². The van der Waals surface area contributed by atoms with Gasteiger partial charge in [-0.1, -0.05) is 6.92 Å². The van der Waals surface area contributed by atoms with E-state index >= 15 is 0 Å². The first-order valence-corrected chi connectivity index (χ1v) is 7.70. The molecule has 0 bridgehead atoms. The van der Waals surface area contributed by atoms with Crippen LogP contribution in [0.5, 0.6) is 0 Å². The number of rotatable bonds is 3. The molecule has 1 saturated heterocycles. The molecule has 1 aliphatic heterocycles. The number of amides is 2. The molecule has 2 fully saturated rings. The van der Waals surface area contributed by atoms with E-state index in [1.165, 1.54) is 0 Å². The molecule has 1 saturated carbocycles. The van der Waals surface area contributed by atoms with Crippen LogP contribution in [0.2, 0.25) is 0 Å². The Morgan fingerprint density at radius 1 is 1.47 bits per heavy atom. The number of hydrogen-bond acceptors (Lipinski definition) is 3. The van der Waals surface area contributed by atoms with Crippen LogP contribution in [0, 0.1) is 5.92 Å². The van der Waals surface area contributed by atoms with Gasteiger partial charge >= 0.3 is 0 Å². The fraction of sp³-hybridized carbons (Fsp3) is 0.571. The Kier molecular flexibility index (Phi) is 2.89. The van der Waals surface area contributed by atoms with E-state index in [4.69, 9.17) is 0 Å². The molecule has 2 unspecified atom stereocenters. The number of piperazine rings is 1. The van der Waals surface area contributed by atoms with Gasteiger partial charge in [0.25, 0.3) is 5.91 Å². The predicted octanol–water partition coefficient (Wildman–Crippen LogP) is 2.16. The quantitative estimate of drug-likeness (QED) is 0.921. The molecule has 1 N–H and O–H groups in total. The lowest BCUT2D eigenvalue weighted by molar-refractivity contribution is -0.138. The van der Waals surface area contributed by atoms with Crippen molar-refractivity contribution in [2.45, 2.75) is 44.7 Å². The van der Waals surface area contributed by atoms with Crippen molar-refractivity contribution in [1.82, 2.24) is 5.32 Å². The number of nitrogens with one attached hydrogen (secondary N) is 1. The number of thiophene rings is 1. The maximum absolute atomic E-state index is 12.9. The van der Waals surface area contributed by atoms with Crippen LogP contribution in [0.15, 0.2) is 16.8 Å². The van der Waals surface area contributed by atoms with Gasteiger partial charge in [0, 0.05) is 5.38 Å². The zero-order valence-electron chi connectivity index (χ0n) is 11.2. The minimum Gasteiger partial charge on any atom is -0.340 e. The van der Waals surface area contributed by atoms with Gasteiger partial charge in [0.15, 0.2) is 0 Å². The van der Waals surface area contributed by atoms with Gasteiger partial charge in [-0.15, -0.1) is 0 Å². The molecule has 1 aromatic heterocycles. The highest BCUT2D eigenvalue weighted by Crippen LogP contribution is 2.43. The van der Waals surface area contributed by atoms with Crippen molar-refractivity contribution in [3.63, 3.8) is 0 Å². The van der Waals surface area contributed by atoms with Gasteiger partial charge < -0.3 is 5.32 Å². The molecule has 2 heterocycles. The maximum Gasteiger partial charge on any atom is 0.253 e. The number of carbonyl (C=O) groups excluding carboxylic acids is 2. The van der Waals surface area contributed by atoms with E-state index in [0.717, 1.165) is 18.5 Å². The van der Waals surface area contributed by atoms with Crippen molar-refractivity contribution in [3.8, 4) is 0 Å². The van der Waals surface area contributed by atoms with Gasteiger partial charge in [-0.2, -0.15) is 11.3 Å². The van der Waals surface area contributed by atoms with Crippen LogP contribution in [0.25, 0.3) is 0 Å². The molecule has 1 aromatic rings. The lowest BCUT2D eigenvalue weighted by Crippen LogP contribution is -2.70. The molecule has 5 heteroatoms. The summed E-state index contributed by atoms with van der Waals surface area (Å²) in [6.45, 7) is 3.81. The first-order valence-electron chi connectivity index (χ1n) is 6.75. The minimum absolute atomic E-state index is 0.0253. The van der Waals surface area contributed by atoms with Crippen LogP contribution in [0.1, 0.15) is 33.1 Å². The summed E-state index contributed by atoms with van der Waals surface area (Å²) in [5, 5.41) is 6.85. The number of hydrogen-bond donors (Lipinski definition) is 1. The van der Waals surface area contributed by atoms with Crippen molar-refractivity contribution in [3.05, 3.63) is 16.8 Å². The predicted molar refractivity (Wildman–Crippen MR) is 75.2 cm³/mol. The van der Waals surface area contributed by atoms with Gasteiger partial charge in [-0.05, 0) is 43.6 Å². The lowest BCUT2D eigenvalue weighted by atomic mass is 9.88. The van der Waals surface area contributed by atoms with E-state index in [9.17, 15) is 9.59 Å². The van der Waals surface area contributed by atoms with Gasteiger partial charge in [-0.25, -0.2) is 0 Å². The number of nitrogens with zero attached hydrogens (tertiary/aromatic N) is 1. The Morgan fingerprint density at radius 2 is 2.21 bits per heavy atom. The monoisotopic (exact) mass is 278 g/mol. The van der Waals surface area contributed by atoms with Crippen LogP contribution in [0.3, 0.4) is 0 Å². The summed E-state index contributed by atoms with van der Waals surface area (Å²) in [6.07, 6.45) is 2.68. The summed E-state index contributed by atoms with van der Waals surface area (Å²) in [5.41, 5.74) is 0.133. The van der Waals surface area contributed by atoms with E-state index in [-0.39, 0.29) is 17.9 Å². The third-order valence-corrected chi connectivity index (χ3v) is 4.90. The van der Waals surface area contributed by atoms with Crippen molar-refractivity contribution in [2.24, 2.45) is 5.92 Å². The molecule has 102 valence electrons. The molecular formula is C14H18N2O2S. The molecular weight excluding hydrogens is 260 g/mol. The van der Waals surface area contributed by atoms with E-state index in [1.807, 2.05) is 30.7 Å². The average Bonchev–Trinajstić information content (AvgIpc) is 3.11. The molecule has 0 spiro atoms. The molecule has 3 rings (SSSR count). The summed E-state index contributed by atoms with van der Waals surface area (Å²) < 4.78 is 0. The fourth-order valence-electron chi connectivity index (χ4n) is 2.90. The van der Waals surface area contributed by atoms with Gasteiger partial charge in [0.2, 0.25) is 5.91 Å². The standard InChI is InChI=1S/C14H18N2O2S/c1-3-11-12(17)15-14(2,9-4-5-9)13(18)16(11)10-6-7-19-8-10/h6-9,11H,3-5H2,1-2H3,(H,15,17). The van der Waals surface area contributed by atoms with Crippen molar-refractivity contribution in [1.29, 1.82) is 0 Å². The third-order valence-electron chi connectivity index (χ3n) is 4.23. The molecule has 4 nitrogen and oxygen atoms in total. The van der Waals surface area contributed by atoms with Gasteiger partial charge in [0.05, 0.1) is 5.69 Å². The Morgan fingerprint density at radius 3 is 2.74 bits per heavy atom. The molecule has 1 aliphatic carbocycles. The van der Waals surface area contributed by atoms with E-state index in [2.05, 4.69) is 5.32 Å². The molecule has 0 aromatic carbocycles. The van der Waals surface area contributed by atoms with Crippen LogP contribution < -0.4 is 10.2 Å². The molecule has 19 heavy (non-hydrogen) atoms. The van der Waals surface area contributed by atoms with E-state index < -0.39 is 5.54 Å². The highest BCUT2D eigenvalue weighted by atomic mass is 32.1. The number of anilines is 1. The van der Waals surface area contributed by atoms with Crippen molar-refractivity contribution >= 4 is 28.8 Å². The topological polar surface area (TPSA) is 49.4 Å². The fourth-order valence-corrected chi connectivity index (χ4v) is 3.53. The van der Waals surface area contributed by atoms with Crippen LogP contribution in [-0.2, 0) is 9.59 Å². The summed E-state index contributed by atoms with van der Waals surface area (Å²) in [4.78, 5) is 26.9. The average molecular weight is 278 g/mol. The molecule has 0 radical (unpaired) electrons. The summed E-state index contributed by atoms with van der Waals surface area (Å²) in [7, 11) is 0. The Balaban J connectivity index is 2.01. The lowest BCUT2D eigenvalue weighted by Gasteiger charge is -2.44. The Labute approximate surface area is 116 Å². The largest absolute Gasteiger partial charge is 0.340 e. The van der Waals surface area contributed by atoms with Crippen molar-refractivity contribution in [2.75, 3.05) is 4.90 Å². The number of carbonyl (C=O) groups is 2. The van der Waals surface area contributed by atoms with E-state index in [1.54, 1.807) is 16.2 Å². The zero-order valence-corrected chi connectivity index (χ0v) is 12.0. The summed E-state index contributed by atoms with van der Waals surface area (Å²) in [5.74, 6) is 0.311. The van der Waals surface area contributed by atoms with Crippen LogP contribution in [0.4, 0.5) is 5.69 Å².